The Balaban J connectivity index is 1.78. The zero-order valence-electron chi connectivity index (χ0n) is 11.8. The van der Waals surface area contributed by atoms with Crippen molar-refractivity contribution in [2.75, 3.05) is 13.2 Å². The number of hydrogen-bond acceptors (Lipinski definition) is 3. The molecule has 0 aliphatic carbocycles. The Bertz CT molecular complexity index is 375. The molecule has 1 aromatic carbocycles. The predicted molar refractivity (Wildman–Crippen MR) is 77.4 cm³/mol. The summed E-state index contributed by atoms with van der Waals surface area (Å²) in [4.78, 5) is 0. The molecule has 0 saturated carbocycles. The van der Waals surface area contributed by atoms with Crippen LogP contribution in [0.15, 0.2) is 24.3 Å². The lowest BCUT2D eigenvalue weighted by Crippen LogP contribution is -2.12. The maximum absolute atomic E-state index is 6.25. The third kappa shape index (κ3) is 4.51. The molecule has 0 spiro atoms. The van der Waals surface area contributed by atoms with E-state index < -0.39 is 0 Å². The average Bonchev–Trinajstić information content (AvgIpc) is 2.92. The zero-order chi connectivity index (χ0) is 13.5. The van der Waals surface area contributed by atoms with Gasteiger partial charge in [0.1, 0.15) is 5.75 Å². The Morgan fingerprint density at radius 2 is 2.37 bits per heavy atom. The lowest BCUT2D eigenvalue weighted by Gasteiger charge is -2.15. The molecule has 0 radical (unpaired) electrons. The van der Waals surface area contributed by atoms with Crippen molar-refractivity contribution in [2.45, 2.75) is 51.2 Å². The van der Waals surface area contributed by atoms with Gasteiger partial charge in [-0.2, -0.15) is 0 Å². The van der Waals surface area contributed by atoms with Crippen molar-refractivity contribution in [3.8, 4) is 5.75 Å². The van der Waals surface area contributed by atoms with E-state index in [1.54, 1.807) is 0 Å². The van der Waals surface area contributed by atoms with E-state index in [1.807, 2.05) is 19.1 Å². The van der Waals surface area contributed by atoms with Crippen LogP contribution < -0.4 is 10.5 Å². The van der Waals surface area contributed by atoms with E-state index >= 15 is 0 Å². The van der Waals surface area contributed by atoms with Gasteiger partial charge in [0, 0.05) is 12.6 Å². The summed E-state index contributed by atoms with van der Waals surface area (Å²) in [6.07, 6.45) is 6.18. The quantitative estimate of drug-likeness (QED) is 0.819. The summed E-state index contributed by atoms with van der Waals surface area (Å²) in [6.45, 7) is 3.62. The topological polar surface area (TPSA) is 44.5 Å². The minimum Gasteiger partial charge on any atom is -0.494 e. The first-order chi connectivity index (χ1) is 9.29. The highest BCUT2D eigenvalue weighted by molar-refractivity contribution is 5.30. The van der Waals surface area contributed by atoms with Crippen molar-refractivity contribution in [3.05, 3.63) is 29.8 Å². The molecular formula is C16H25NO2. The summed E-state index contributed by atoms with van der Waals surface area (Å²) in [5, 5.41) is 0. The Labute approximate surface area is 116 Å². The molecule has 3 nitrogen and oxygen atoms in total. The van der Waals surface area contributed by atoms with E-state index in [9.17, 15) is 0 Å². The lowest BCUT2D eigenvalue weighted by atomic mass is 10.00. The van der Waals surface area contributed by atoms with E-state index in [0.717, 1.165) is 31.6 Å². The third-order valence-electron chi connectivity index (χ3n) is 3.66. The fourth-order valence-electron chi connectivity index (χ4n) is 2.61. The van der Waals surface area contributed by atoms with Gasteiger partial charge in [0.15, 0.2) is 0 Å². The number of nitrogens with two attached hydrogens (primary N) is 1. The molecule has 1 aliphatic heterocycles. The van der Waals surface area contributed by atoms with Gasteiger partial charge in [-0.3, -0.25) is 0 Å². The summed E-state index contributed by atoms with van der Waals surface area (Å²) in [7, 11) is 0. The van der Waals surface area contributed by atoms with Crippen molar-refractivity contribution < 1.29 is 9.47 Å². The molecule has 2 N–H and O–H groups in total. The van der Waals surface area contributed by atoms with Gasteiger partial charge < -0.3 is 15.2 Å². The molecular weight excluding hydrogens is 238 g/mol. The summed E-state index contributed by atoms with van der Waals surface area (Å²) >= 11 is 0. The van der Waals surface area contributed by atoms with Crippen molar-refractivity contribution >= 4 is 0 Å². The van der Waals surface area contributed by atoms with Crippen LogP contribution in [0, 0.1) is 0 Å². The largest absolute Gasteiger partial charge is 0.494 e. The molecule has 2 rings (SSSR count). The van der Waals surface area contributed by atoms with E-state index in [1.165, 1.54) is 18.4 Å². The van der Waals surface area contributed by atoms with E-state index in [0.29, 0.717) is 12.7 Å². The number of rotatable bonds is 7. The Morgan fingerprint density at radius 3 is 3.11 bits per heavy atom. The summed E-state index contributed by atoms with van der Waals surface area (Å²) < 4.78 is 11.1. The van der Waals surface area contributed by atoms with Crippen LogP contribution in [-0.4, -0.2) is 19.3 Å². The first-order valence-electron chi connectivity index (χ1n) is 7.39. The van der Waals surface area contributed by atoms with Gasteiger partial charge in [-0.1, -0.05) is 12.1 Å². The van der Waals surface area contributed by atoms with Crippen molar-refractivity contribution in [1.29, 1.82) is 0 Å². The molecule has 1 saturated heterocycles. The van der Waals surface area contributed by atoms with Crippen molar-refractivity contribution in [2.24, 2.45) is 5.73 Å². The highest BCUT2D eigenvalue weighted by Gasteiger charge is 2.15. The highest BCUT2D eigenvalue weighted by Crippen LogP contribution is 2.24. The van der Waals surface area contributed by atoms with Gasteiger partial charge in [0.05, 0.1) is 12.7 Å². The fourth-order valence-corrected chi connectivity index (χ4v) is 2.61. The van der Waals surface area contributed by atoms with Crippen LogP contribution in [-0.2, 0) is 4.74 Å². The van der Waals surface area contributed by atoms with Crippen LogP contribution in [0.25, 0.3) is 0 Å². The van der Waals surface area contributed by atoms with Gasteiger partial charge in [-0.25, -0.2) is 0 Å². The molecule has 0 amide bonds. The van der Waals surface area contributed by atoms with Crippen molar-refractivity contribution in [1.82, 2.24) is 0 Å². The molecule has 106 valence electrons. The first kappa shape index (κ1) is 14.4. The lowest BCUT2D eigenvalue weighted by molar-refractivity contribution is 0.101. The minimum atomic E-state index is 0.0989. The Morgan fingerprint density at radius 1 is 1.47 bits per heavy atom. The molecule has 0 bridgehead atoms. The number of benzene rings is 1. The summed E-state index contributed by atoms with van der Waals surface area (Å²) in [5.74, 6) is 0.912. The van der Waals surface area contributed by atoms with Crippen LogP contribution in [0.5, 0.6) is 5.75 Å². The second kappa shape index (κ2) is 7.51. The second-order valence-electron chi connectivity index (χ2n) is 5.18. The minimum absolute atomic E-state index is 0.0989. The van der Waals surface area contributed by atoms with E-state index in [4.69, 9.17) is 15.2 Å². The van der Waals surface area contributed by atoms with E-state index in [-0.39, 0.29) is 6.04 Å². The zero-order valence-corrected chi connectivity index (χ0v) is 11.8. The van der Waals surface area contributed by atoms with Crippen LogP contribution in [0.3, 0.4) is 0 Å². The molecule has 19 heavy (non-hydrogen) atoms. The van der Waals surface area contributed by atoms with Gasteiger partial charge in [-0.15, -0.1) is 0 Å². The molecule has 2 atom stereocenters. The molecule has 2 unspecified atom stereocenters. The third-order valence-corrected chi connectivity index (χ3v) is 3.66. The molecule has 1 fully saturated rings. The summed E-state index contributed by atoms with van der Waals surface area (Å²) in [6, 6.07) is 8.23. The SMILES string of the molecule is CCOc1cccc(C(N)CCCC2CCCO2)c1. The smallest absolute Gasteiger partial charge is 0.119 e. The summed E-state index contributed by atoms with van der Waals surface area (Å²) in [5.41, 5.74) is 7.41. The molecule has 1 heterocycles. The van der Waals surface area contributed by atoms with Crippen LogP contribution in [0.4, 0.5) is 0 Å². The van der Waals surface area contributed by atoms with Crippen LogP contribution in [0.1, 0.15) is 50.6 Å². The van der Waals surface area contributed by atoms with E-state index in [2.05, 4.69) is 12.1 Å². The van der Waals surface area contributed by atoms with Gasteiger partial charge in [0.25, 0.3) is 0 Å². The Hall–Kier alpha value is -1.06. The van der Waals surface area contributed by atoms with Gasteiger partial charge in [0.2, 0.25) is 0 Å². The van der Waals surface area contributed by atoms with Crippen LogP contribution >= 0.6 is 0 Å². The van der Waals surface area contributed by atoms with Gasteiger partial charge in [-0.05, 0) is 56.7 Å². The number of ether oxygens (including phenoxy) is 2. The highest BCUT2D eigenvalue weighted by atomic mass is 16.5. The van der Waals surface area contributed by atoms with Gasteiger partial charge >= 0.3 is 0 Å². The number of hydrogen-bond donors (Lipinski definition) is 1. The predicted octanol–water partition coefficient (Wildman–Crippen LogP) is 3.43. The first-order valence-corrected chi connectivity index (χ1v) is 7.39. The van der Waals surface area contributed by atoms with Crippen LogP contribution in [0.2, 0.25) is 0 Å². The molecule has 0 aromatic heterocycles. The normalized spacial score (nSPS) is 20.4. The second-order valence-corrected chi connectivity index (χ2v) is 5.18. The molecule has 3 heteroatoms. The fraction of sp³-hybridized carbons (Fsp3) is 0.625. The molecule has 1 aromatic rings. The van der Waals surface area contributed by atoms with Crippen molar-refractivity contribution in [3.63, 3.8) is 0 Å². The average molecular weight is 263 g/mol. The monoisotopic (exact) mass is 263 g/mol. The molecule has 1 aliphatic rings. The maximum atomic E-state index is 6.25. The Kier molecular flexibility index (Phi) is 5.67. The standard InChI is InChI=1S/C16H25NO2/c1-2-18-15-8-3-6-13(12-15)16(17)10-4-7-14-9-5-11-19-14/h3,6,8,12,14,16H,2,4-5,7,9-11,17H2,1H3. The maximum Gasteiger partial charge on any atom is 0.119 e.